The molecule has 0 saturated carbocycles. The van der Waals surface area contributed by atoms with E-state index in [1.807, 2.05) is 24.3 Å². The van der Waals surface area contributed by atoms with Crippen molar-refractivity contribution in [2.45, 2.75) is 13.5 Å². The van der Waals surface area contributed by atoms with Crippen LogP contribution >= 0.6 is 0 Å². The van der Waals surface area contributed by atoms with Crippen molar-refractivity contribution in [3.05, 3.63) is 53.0 Å². The number of aryl methyl sites for hydroxylation is 1. The van der Waals surface area contributed by atoms with Crippen LogP contribution in [0.1, 0.15) is 5.69 Å². The smallest absolute Gasteiger partial charge is 0.272 e. The number of fused-ring (bicyclic) bond motifs is 1. The van der Waals surface area contributed by atoms with E-state index >= 15 is 0 Å². The van der Waals surface area contributed by atoms with Gasteiger partial charge in [-0.15, -0.1) is 6.58 Å². The highest BCUT2D eigenvalue weighted by Crippen LogP contribution is 2.09. The molecule has 0 fully saturated rings. The van der Waals surface area contributed by atoms with Crippen LogP contribution in [0.4, 0.5) is 0 Å². The predicted molar refractivity (Wildman–Crippen MR) is 73.8 cm³/mol. The topological polar surface area (TPSA) is 46.9 Å². The van der Waals surface area contributed by atoms with Crippen LogP contribution in [0.15, 0.2) is 41.7 Å². The Morgan fingerprint density at radius 2 is 2.22 bits per heavy atom. The number of aromatic nitrogens is 2. The van der Waals surface area contributed by atoms with Crippen molar-refractivity contribution in [3.8, 4) is 0 Å². The molecule has 0 bridgehead atoms. The lowest BCUT2D eigenvalue weighted by atomic mass is 10.2. The Morgan fingerprint density at radius 3 is 3.00 bits per heavy atom. The first-order valence-electron chi connectivity index (χ1n) is 6.02. The maximum atomic E-state index is 12.1. The lowest BCUT2D eigenvalue weighted by Crippen LogP contribution is -2.29. The molecule has 0 spiro atoms. The molecule has 1 aromatic heterocycles. The average Bonchev–Trinajstić information content (AvgIpc) is 2.38. The summed E-state index contributed by atoms with van der Waals surface area (Å²) in [5, 5.41) is 3.20. The Hall–Kier alpha value is -1.94. The highest BCUT2D eigenvalue weighted by Gasteiger charge is 2.06. The van der Waals surface area contributed by atoms with Crippen LogP contribution in [0, 0.1) is 6.92 Å². The van der Waals surface area contributed by atoms with Crippen LogP contribution in [0.5, 0.6) is 0 Å². The van der Waals surface area contributed by atoms with E-state index in [-0.39, 0.29) is 5.56 Å². The van der Waals surface area contributed by atoms with Crippen molar-refractivity contribution >= 4 is 11.0 Å². The summed E-state index contributed by atoms with van der Waals surface area (Å²) < 4.78 is 1.77. The molecule has 0 amide bonds. The molecule has 0 aliphatic carbocycles. The first-order valence-corrected chi connectivity index (χ1v) is 6.02. The molecule has 0 aliphatic rings. The monoisotopic (exact) mass is 243 g/mol. The summed E-state index contributed by atoms with van der Waals surface area (Å²) in [6.07, 6.45) is 1.80. The Morgan fingerprint density at radius 1 is 1.44 bits per heavy atom. The van der Waals surface area contributed by atoms with Gasteiger partial charge in [-0.3, -0.25) is 4.79 Å². The average molecular weight is 243 g/mol. The summed E-state index contributed by atoms with van der Waals surface area (Å²) in [6.45, 7) is 7.52. The molecule has 1 heterocycles. The van der Waals surface area contributed by atoms with Gasteiger partial charge in [-0.25, -0.2) is 4.98 Å². The number of rotatable bonds is 5. The number of benzene rings is 1. The van der Waals surface area contributed by atoms with Crippen LogP contribution in [0.25, 0.3) is 11.0 Å². The van der Waals surface area contributed by atoms with Crippen molar-refractivity contribution in [3.63, 3.8) is 0 Å². The van der Waals surface area contributed by atoms with E-state index in [1.165, 1.54) is 0 Å². The molecular weight excluding hydrogens is 226 g/mol. The van der Waals surface area contributed by atoms with E-state index in [1.54, 1.807) is 17.6 Å². The molecule has 1 aromatic carbocycles. The Labute approximate surface area is 106 Å². The molecule has 0 radical (unpaired) electrons. The summed E-state index contributed by atoms with van der Waals surface area (Å²) in [6, 6.07) is 7.71. The van der Waals surface area contributed by atoms with E-state index in [0.717, 1.165) is 24.1 Å². The van der Waals surface area contributed by atoms with E-state index in [0.29, 0.717) is 12.2 Å². The number of nitrogens with one attached hydrogen (secondary N) is 1. The second kappa shape index (κ2) is 5.60. The summed E-state index contributed by atoms with van der Waals surface area (Å²) in [7, 11) is 0. The van der Waals surface area contributed by atoms with Crippen LogP contribution in [0.2, 0.25) is 0 Å². The van der Waals surface area contributed by atoms with Gasteiger partial charge in [0.05, 0.1) is 11.0 Å². The third-order valence-electron chi connectivity index (χ3n) is 2.82. The molecule has 0 atom stereocenters. The summed E-state index contributed by atoms with van der Waals surface area (Å²) in [4.78, 5) is 16.4. The maximum Gasteiger partial charge on any atom is 0.272 e. The van der Waals surface area contributed by atoms with Crippen molar-refractivity contribution in [2.24, 2.45) is 0 Å². The lowest BCUT2D eigenvalue weighted by molar-refractivity contribution is 0.621. The number of hydrogen-bond donors (Lipinski definition) is 1. The minimum Gasteiger partial charge on any atom is -0.312 e. The lowest BCUT2D eigenvalue weighted by Gasteiger charge is -2.11. The van der Waals surface area contributed by atoms with Gasteiger partial charge in [0.25, 0.3) is 5.56 Å². The molecule has 2 aromatic rings. The molecule has 0 saturated heterocycles. The third-order valence-corrected chi connectivity index (χ3v) is 2.82. The fraction of sp³-hybridized carbons (Fsp3) is 0.286. The second-order valence-electron chi connectivity index (χ2n) is 4.14. The van der Waals surface area contributed by atoms with E-state index in [9.17, 15) is 4.79 Å². The molecule has 1 N–H and O–H groups in total. The van der Waals surface area contributed by atoms with E-state index in [2.05, 4.69) is 16.9 Å². The predicted octanol–water partition coefficient (Wildman–Crippen LogP) is 1.48. The summed E-state index contributed by atoms with van der Waals surface area (Å²) in [5.41, 5.74) is 2.26. The standard InChI is InChI=1S/C14H17N3O/c1-3-8-15-9-10-17-13-7-5-4-6-12(13)16-11(2)14(17)18/h3-7,15H,1,8-10H2,2H3. The molecule has 94 valence electrons. The minimum absolute atomic E-state index is 0.0193. The Balaban J connectivity index is 2.37. The highest BCUT2D eigenvalue weighted by molar-refractivity contribution is 5.74. The van der Waals surface area contributed by atoms with Crippen molar-refractivity contribution in [1.82, 2.24) is 14.9 Å². The van der Waals surface area contributed by atoms with Crippen LogP contribution in [0.3, 0.4) is 0 Å². The third kappa shape index (κ3) is 2.49. The first-order chi connectivity index (χ1) is 8.74. The maximum absolute atomic E-state index is 12.1. The van der Waals surface area contributed by atoms with Gasteiger partial charge < -0.3 is 9.88 Å². The fourth-order valence-electron chi connectivity index (χ4n) is 1.94. The number of nitrogens with zero attached hydrogens (tertiary/aromatic N) is 2. The number of hydrogen-bond acceptors (Lipinski definition) is 3. The van der Waals surface area contributed by atoms with Gasteiger partial charge in [-0.05, 0) is 19.1 Å². The van der Waals surface area contributed by atoms with E-state index < -0.39 is 0 Å². The SMILES string of the molecule is C=CCNCCn1c(=O)c(C)nc2ccccc21. The largest absolute Gasteiger partial charge is 0.312 e. The zero-order valence-electron chi connectivity index (χ0n) is 10.5. The van der Waals surface area contributed by atoms with Crippen molar-refractivity contribution < 1.29 is 0 Å². The zero-order chi connectivity index (χ0) is 13.0. The molecule has 4 heteroatoms. The summed E-state index contributed by atoms with van der Waals surface area (Å²) >= 11 is 0. The summed E-state index contributed by atoms with van der Waals surface area (Å²) in [5.74, 6) is 0. The Kier molecular flexibility index (Phi) is 3.89. The second-order valence-corrected chi connectivity index (χ2v) is 4.14. The van der Waals surface area contributed by atoms with Gasteiger partial charge in [0.1, 0.15) is 5.69 Å². The molecule has 2 rings (SSSR count). The number of para-hydroxylation sites is 2. The minimum atomic E-state index is -0.0193. The Bertz CT molecular complexity index is 616. The van der Waals surface area contributed by atoms with Crippen LogP contribution < -0.4 is 10.9 Å². The zero-order valence-corrected chi connectivity index (χ0v) is 10.5. The van der Waals surface area contributed by atoms with Gasteiger partial charge in [0.2, 0.25) is 0 Å². The molecule has 18 heavy (non-hydrogen) atoms. The first kappa shape index (κ1) is 12.5. The molecular formula is C14H17N3O. The molecule has 4 nitrogen and oxygen atoms in total. The van der Waals surface area contributed by atoms with Crippen LogP contribution in [-0.4, -0.2) is 22.6 Å². The van der Waals surface area contributed by atoms with E-state index in [4.69, 9.17) is 0 Å². The molecule has 0 aliphatic heterocycles. The molecule has 0 unspecified atom stereocenters. The van der Waals surface area contributed by atoms with Crippen molar-refractivity contribution in [2.75, 3.05) is 13.1 Å². The van der Waals surface area contributed by atoms with Crippen molar-refractivity contribution in [1.29, 1.82) is 0 Å². The van der Waals surface area contributed by atoms with Gasteiger partial charge in [0, 0.05) is 19.6 Å². The normalized spacial score (nSPS) is 10.7. The van der Waals surface area contributed by atoms with Gasteiger partial charge >= 0.3 is 0 Å². The fourth-order valence-corrected chi connectivity index (χ4v) is 1.94. The highest BCUT2D eigenvalue weighted by atomic mass is 16.1. The van der Waals surface area contributed by atoms with Gasteiger partial charge in [-0.2, -0.15) is 0 Å². The van der Waals surface area contributed by atoms with Gasteiger partial charge in [-0.1, -0.05) is 18.2 Å². The van der Waals surface area contributed by atoms with Crippen LogP contribution in [-0.2, 0) is 6.54 Å². The van der Waals surface area contributed by atoms with Gasteiger partial charge in [0.15, 0.2) is 0 Å². The quantitative estimate of drug-likeness (QED) is 0.639.